The van der Waals surface area contributed by atoms with Crippen molar-refractivity contribution < 1.29 is 9.90 Å². The Kier molecular flexibility index (Phi) is 3.79. The molecule has 64 valence electrons. The maximum Gasteiger partial charge on any atom is 0.305 e. The number of aliphatic imine (C=N–C) groups is 1. The highest BCUT2D eigenvalue weighted by Gasteiger charge is 2.04. The summed E-state index contributed by atoms with van der Waals surface area (Å²) in [7, 11) is 0. The van der Waals surface area contributed by atoms with Crippen molar-refractivity contribution in [2.75, 3.05) is 6.54 Å². The first-order chi connectivity index (χ1) is 4.92. The molecule has 0 aromatic heterocycles. The second kappa shape index (κ2) is 4.11. The van der Waals surface area contributed by atoms with Crippen LogP contribution in [0.1, 0.15) is 27.2 Å². The minimum atomic E-state index is -0.795. The Morgan fingerprint density at radius 2 is 2.09 bits per heavy atom. The standard InChI is InChI=1S/C8H15NO2/c1-8(2,3)6-9-5-4-7(10)11/h6H,4-5H2,1-3H3,(H,10,11)/b9-6+. The maximum absolute atomic E-state index is 10.0. The fraction of sp³-hybridized carbons (Fsp3) is 0.750. The molecule has 0 aromatic rings. The Bertz CT molecular complexity index is 156. The van der Waals surface area contributed by atoms with Gasteiger partial charge in [-0.15, -0.1) is 0 Å². The van der Waals surface area contributed by atoms with Gasteiger partial charge in [0.15, 0.2) is 0 Å². The van der Waals surface area contributed by atoms with E-state index in [4.69, 9.17) is 5.11 Å². The summed E-state index contributed by atoms with van der Waals surface area (Å²) >= 11 is 0. The average molecular weight is 157 g/mol. The summed E-state index contributed by atoms with van der Waals surface area (Å²) in [6, 6.07) is 0. The second-order valence-electron chi connectivity index (χ2n) is 3.55. The van der Waals surface area contributed by atoms with Crippen molar-refractivity contribution >= 4 is 12.2 Å². The van der Waals surface area contributed by atoms with Crippen molar-refractivity contribution in [3.05, 3.63) is 0 Å². The Labute approximate surface area is 67.1 Å². The first-order valence-electron chi connectivity index (χ1n) is 3.64. The lowest BCUT2D eigenvalue weighted by Crippen LogP contribution is -2.07. The zero-order chi connectivity index (χ0) is 8.91. The highest BCUT2D eigenvalue weighted by atomic mass is 16.4. The maximum atomic E-state index is 10.0. The molecule has 0 spiro atoms. The zero-order valence-electron chi connectivity index (χ0n) is 7.29. The molecule has 0 atom stereocenters. The van der Waals surface area contributed by atoms with E-state index < -0.39 is 5.97 Å². The van der Waals surface area contributed by atoms with Crippen molar-refractivity contribution in [1.29, 1.82) is 0 Å². The lowest BCUT2D eigenvalue weighted by Gasteiger charge is -2.09. The van der Waals surface area contributed by atoms with Gasteiger partial charge in [-0.3, -0.25) is 9.79 Å². The Balaban J connectivity index is 3.54. The number of nitrogens with zero attached hydrogens (tertiary/aromatic N) is 1. The monoisotopic (exact) mass is 157 g/mol. The first-order valence-corrected chi connectivity index (χ1v) is 3.64. The molecule has 3 heteroatoms. The van der Waals surface area contributed by atoms with E-state index in [9.17, 15) is 4.79 Å². The van der Waals surface area contributed by atoms with Crippen LogP contribution in [0.5, 0.6) is 0 Å². The van der Waals surface area contributed by atoms with Crippen LogP contribution < -0.4 is 0 Å². The SMILES string of the molecule is CC(C)(C)/C=N/CCC(=O)O. The zero-order valence-corrected chi connectivity index (χ0v) is 7.29. The van der Waals surface area contributed by atoms with Crippen molar-refractivity contribution in [2.24, 2.45) is 10.4 Å². The van der Waals surface area contributed by atoms with Gasteiger partial charge >= 0.3 is 5.97 Å². The van der Waals surface area contributed by atoms with Crippen molar-refractivity contribution in [2.45, 2.75) is 27.2 Å². The van der Waals surface area contributed by atoms with Crippen LogP contribution in [-0.4, -0.2) is 23.8 Å². The molecular weight excluding hydrogens is 142 g/mol. The molecular formula is C8H15NO2. The predicted octanol–water partition coefficient (Wildman–Crippen LogP) is 1.58. The Morgan fingerprint density at radius 3 is 2.45 bits per heavy atom. The molecule has 0 bridgehead atoms. The molecule has 3 nitrogen and oxygen atoms in total. The molecule has 0 saturated carbocycles. The molecule has 0 unspecified atom stereocenters. The van der Waals surface area contributed by atoms with Gasteiger partial charge in [0.25, 0.3) is 0 Å². The van der Waals surface area contributed by atoms with E-state index in [1.165, 1.54) is 0 Å². The molecule has 0 aliphatic heterocycles. The molecule has 0 rings (SSSR count). The molecule has 0 saturated heterocycles. The number of carboxylic acid groups (broad SMARTS) is 1. The summed E-state index contributed by atoms with van der Waals surface area (Å²) in [5.74, 6) is -0.795. The Hall–Kier alpha value is -0.860. The molecule has 1 N–H and O–H groups in total. The first kappa shape index (κ1) is 10.1. The van der Waals surface area contributed by atoms with E-state index in [2.05, 4.69) is 4.99 Å². The van der Waals surface area contributed by atoms with Crippen molar-refractivity contribution in [3.63, 3.8) is 0 Å². The van der Waals surface area contributed by atoms with Crippen LogP contribution >= 0.6 is 0 Å². The molecule has 0 amide bonds. The average Bonchev–Trinajstić information content (AvgIpc) is 1.78. The van der Waals surface area contributed by atoms with Crippen LogP contribution in [0.25, 0.3) is 0 Å². The van der Waals surface area contributed by atoms with Gasteiger partial charge in [-0.05, 0) is 5.41 Å². The third-order valence-corrected chi connectivity index (χ3v) is 0.933. The van der Waals surface area contributed by atoms with Crippen molar-refractivity contribution in [1.82, 2.24) is 0 Å². The molecule has 0 aliphatic rings. The largest absolute Gasteiger partial charge is 0.481 e. The topological polar surface area (TPSA) is 49.7 Å². The van der Waals surface area contributed by atoms with E-state index in [1.807, 2.05) is 20.8 Å². The quantitative estimate of drug-likeness (QED) is 0.632. The van der Waals surface area contributed by atoms with Gasteiger partial charge in [-0.2, -0.15) is 0 Å². The third-order valence-electron chi connectivity index (χ3n) is 0.933. The predicted molar refractivity (Wildman–Crippen MR) is 45.1 cm³/mol. The molecule has 0 aromatic carbocycles. The molecule has 0 radical (unpaired) electrons. The lowest BCUT2D eigenvalue weighted by atomic mass is 9.99. The number of carboxylic acids is 1. The number of aliphatic carboxylic acids is 1. The molecule has 11 heavy (non-hydrogen) atoms. The van der Waals surface area contributed by atoms with Crippen molar-refractivity contribution in [3.8, 4) is 0 Å². The number of hydrogen-bond acceptors (Lipinski definition) is 2. The van der Waals surface area contributed by atoms with Crippen LogP contribution in [0.3, 0.4) is 0 Å². The lowest BCUT2D eigenvalue weighted by molar-refractivity contribution is -0.136. The van der Waals surface area contributed by atoms with Gasteiger partial charge < -0.3 is 5.11 Å². The molecule has 0 heterocycles. The van der Waals surface area contributed by atoms with Gasteiger partial charge in [0.1, 0.15) is 0 Å². The fourth-order valence-electron chi connectivity index (χ4n) is 0.499. The normalized spacial score (nSPS) is 12.3. The number of carbonyl (C=O) groups is 1. The highest BCUT2D eigenvalue weighted by Crippen LogP contribution is 2.07. The number of rotatable bonds is 3. The van der Waals surface area contributed by atoms with Crippen LogP contribution in [0.4, 0.5) is 0 Å². The summed E-state index contributed by atoms with van der Waals surface area (Å²) in [5.41, 5.74) is 0.0541. The fourth-order valence-corrected chi connectivity index (χ4v) is 0.499. The molecule has 0 aliphatic carbocycles. The van der Waals surface area contributed by atoms with Gasteiger partial charge in [0.05, 0.1) is 6.42 Å². The highest BCUT2D eigenvalue weighted by molar-refractivity contribution is 5.68. The van der Waals surface area contributed by atoms with Gasteiger partial charge in [0, 0.05) is 12.8 Å². The van der Waals surface area contributed by atoms with Gasteiger partial charge in [-0.25, -0.2) is 0 Å². The van der Waals surface area contributed by atoms with Crippen LogP contribution in [-0.2, 0) is 4.79 Å². The van der Waals surface area contributed by atoms with E-state index in [-0.39, 0.29) is 11.8 Å². The second-order valence-corrected chi connectivity index (χ2v) is 3.55. The summed E-state index contributed by atoms with van der Waals surface area (Å²) in [5, 5.41) is 8.27. The van der Waals surface area contributed by atoms with Crippen LogP contribution in [0, 0.1) is 5.41 Å². The summed E-state index contributed by atoms with van der Waals surface area (Å²) < 4.78 is 0. The van der Waals surface area contributed by atoms with Crippen LogP contribution in [0.15, 0.2) is 4.99 Å². The van der Waals surface area contributed by atoms with E-state index >= 15 is 0 Å². The summed E-state index contributed by atoms with van der Waals surface area (Å²) in [6.45, 7) is 6.46. The minimum Gasteiger partial charge on any atom is -0.481 e. The summed E-state index contributed by atoms with van der Waals surface area (Å²) in [4.78, 5) is 14.0. The third kappa shape index (κ3) is 9.14. The van der Waals surface area contributed by atoms with Gasteiger partial charge in [0.2, 0.25) is 0 Å². The smallest absolute Gasteiger partial charge is 0.305 e. The number of hydrogen-bond donors (Lipinski definition) is 1. The summed E-state index contributed by atoms with van der Waals surface area (Å²) in [6.07, 6.45) is 1.91. The minimum absolute atomic E-state index is 0.0541. The van der Waals surface area contributed by atoms with E-state index in [0.717, 1.165) is 0 Å². The van der Waals surface area contributed by atoms with Gasteiger partial charge in [-0.1, -0.05) is 20.8 Å². The molecule has 0 fully saturated rings. The van der Waals surface area contributed by atoms with Crippen LogP contribution in [0.2, 0.25) is 0 Å². The Morgan fingerprint density at radius 1 is 1.55 bits per heavy atom. The van der Waals surface area contributed by atoms with E-state index in [1.54, 1.807) is 6.21 Å². The van der Waals surface area contributed by atoms with E-state index in [0.29, 0.717) is 6.54 Å².